The monoisotopic (exact) mass is 482 g/mol. The van der Waals surface area contributed by atoms with Gasteiger partial charge in [-0.25, -0.2) is 9.97 Å². The van der Waals surface area contributed by atoms with Gasteiger partial charge in [-0.2, -0.15) is 0 Å². The van der Waals surface area contributed by atoms with Crippen LogP contribution < -0.4 is 15.5 Å². The molecule has 0 spiro atoms. The summed E-state index contributed by atoms with van der Waals surface area (Å²) in [6, 6.07) is 7.66. The van der Waals surface area contributed by atoms with E-state index in [2.05, 4.69) is 55.1 Å². The largest absolute Gasteiger partial charge is 0.357 e. The van der Waals surface area contributed by atoms with Crippen molar-refractivity contribution in [3.8, 4) is 11.4 Å². The van der Waals surface area contributed by atoms with Crippen LogP contribution in [-0.2, 0) is 10.3 Å². The predicted octanol–water partition coefficient (Wildman–Crippen LogP) is 4.76. The number of nitrogens with one attached hydrogen (secondary N) is 2. The van der Waals surface area contributed by atoms with Gasteiger partial charge < -0.3 is 20.1 Å². The van der Waals surface area contributed by atoms with E-state index in [-0.39, 0.29) is 23.9 Å². The minimum Gasteiger partial charge on any atom is -0.357 e. The number of carbonyl (C=O) groups excluding carboxylic acids is 2. The fourth-order valence-electron chi connectivity index (χ4n) is 3.45. The SMILES string of the molecule is CCCN(CCC)c1cccc(-c2csc(NC(=O)CNC(=O)c3ccn(C(C)(C)C)c3)n2)n1. The van der Waals surface area contributed by atoms with Crippen LogP contribution in [0.25, 0.3) is 11.4 Å². The van der Waals surface area contributed by atoms with Gasteiger partial charge in [0.15, 0.2) is 5.13 Å². The average Bonchev–Trinajstić information content (AvgIpc) is 3.47. The molecule has 3 heterocycles. The summed E-state index contributed by atoms with van der Waals surface area (Å²) in [7, 11) is 0. The molecule has 9 heteroatoms. The third-order valence-corrected chi connectivity index (χ3v) is 5.96. The van der Waals surface area contributed by atoms with Gasteiger partial charge in [-0.3, -0.25) is 9.59 Å². The van der Waals surface area contributed by atoms with Crippen LogP contribution in [0.1, 0.15) is 57.8 Å². The second-order valence-corrected chi connectivity index (χ2v) is 9.97. The molecule has 3 rings (SSSR count). The Morgan fingerprint density at radius 1 is 1.06 bits per heavy atom. The Bertz CT molecular complexity index is 1110. The van der Waals surface area contributed by atoms with Crippen LogP contribution in [0, 0.1) is 0 Å². The molecule has 0 radical (unpaired) electrons. The third kappa shape index (κ3) is 6.66. The van der Waals surface area contributed by atoms with E-state index in [9.17, 15) is 9.59 Å². The van der Waals surface area contributed by atoms with Crippen molar-refractivity contribution in [3.05, 3.63) is 47.6 Å². The van der Waals surface area contributed by atoms with Gasteiger partial charge >= 0.3 is 0 Å². The summed E-state index contributed by atoms with van der Waals surface area (Å²) in [4.78, 5) is 36.3. The molecule has 0 aliphatic carbocycles. The molecule has 0 aliphatic rings. The summed E-state index contributed by atoms with van der Waals surface area (Å²) < 4.78 is 1.96. The Morgan fingerprint density at radius 3 is 2.44 bits per heavy atom. The highest BCUT2D eigenvalue weighted by Gasteiger charge is 2.16. The summed E-state index contributed by atoms with van der Waals surface area (Å²) in [5.41, 5.74) is 1.88. The van der Waals surface area contributed by atoms with E-state index in [0.717, 1.165) is 37.4 Å². The molecule has 2 N–H and O–H groups in total. The maximum absolute atomic E-state index is 12.4. The third-order valence-electron chi connectivity index (χ3n) is 5.20. The Morgan fingerprint density at radius 2 is 1.79 bits per heavy atom. The molecule has 0 aliphatic heterocycles. The van der Waals surface area contributed by atoms with E-state index < -0.39 is 0 Å². The van der Waals surface area contributed by atoms with Gasteiger partial charge in [0, 0.05) is 36.4 Å². The molecule has 3 aromatic rings. The lowest BCUT2D eigenvalue weighted by Crippen LogP contribution is -2.32. The van der Waals surface area contributed by atoms with E-state index in [1.165, 1.54) is 11.3 Å². The van der Waals surface area contributed by atoms with Crippen molar-refractivity contribution in [2.24, 2.45) is 0 Å². The van der Waals surface area contributed by atoms with Gasteiger partial charge in [-0.05, 0) is 51.8 Å². The first-order valence-electron chi connectivity index (χ1n) is 11.7. The fourth-order valence-corrected chi connectivity index (χ4v) is 4.17. The number of hydrogen-bond acceptors (Lipinski definition) is 6. The maximum Gasteiger partial charge on any atom is 0.253 e. The summed E-state index contributed by atoms with van der Waals surface area (Å²) in [5.74, 6) is 0.314. The van der Waals surface area contributed by atoms with Gasteiger partial charge in [0.1, 0.15) is 11.5 Å². The molecule has 182 valence electrons. The molecule has 0 fully saturated rings. The van der Waals surface area contributed by atoms with E-state index in [4.69, 9.17) is 4.98 Å². The van der Waals surface area contributed by atoms with Gasteiger partial charge in [0.2, 0.25) is 5.91 Å². The number of pyridine rings is 1. The number of amides is 2. The number of nitrogens with zero attached hydrogens (tertiary/aromatic N) is 4. The molecular formula is C25H34N6O2S. The lowest BCUT2D eigenvalue weighted by molar-refractivity contribution is -0.115. The van der Waals surface area contributed by atoms with Crippen molar-refractivity contribution in [1.29, 1.82) is 0 Å². The summed E-state index contributed by atoms with van der Waals surface area (Å²) in [6.45, 7) is 12.3. The number of rotatable bonds is 10. The van der Waals surface area contributed by atoms with Crippen molar-refractivity contribution < 1.29 is 9.59 Å². The Balaban J connectivity index is 1.58. The lowest BCUT2D eigenvalue weighted by Gasteiger charge is -2.22. The molecule has 2 amide bonds. The Kier molecular flexibility index (Phi) is 8.44. The zero-order valence-corrected chi connectivity index (χ0v) is 21.4. The van der Waals surface area contributed by atoms with Crippen LogP contribution in [0.3, 0.4) is 0 Å². The highest BCUT2D eigenvalue weighted by molar-refractivity contribution is 7.14. The minimum atomic E-state index is -0.330. The zero-order chi connectivity index (χ0) is 24.7. The maximum atomic E-state index is 12.4. The lowest BCUT2D eigenvalue weighted by atomic mass is 10.1. The Hall–Kier alpha value is -3.20. The van der Waals surface area contributed by atoms with E-state index >= 15 is 0 Å². The molecule has 34 heavy (non-hydrogen) atoms. The zero-order valence-electron chi connectivity index (χ0n) is 20.6. The summed E-state index contributed by atoms with van der Waals surface area (Å²) in [5, 5.41) is 7.76. The van der Waals surface area contributed by atoms with Crippen molar-refractivity contribution in [2.45, 2.75) is 53.0 Å². The molecule has 0 saturated heterocycles. The molecule has 3 aromatic heterocycles. The average molecular weight is 483 g/mol. The van der Waals surface area contributed by atoms with Gasteiger partial charge in [0.25, 0.3) is 5.91 Å². The molecular weight excluding hydrogens is 448 g/mol. The minimum absolute atomic E-state index is 0.114. The van der Waals surface area contributed by atoms with Crippen LogP contribution in [0.4, 0.5) is 10.9 Å². The topological polar surface area (TPSA) is 92.2 Å². The van der Waals surface area contributed by atoms with Gasteiger partial charge in [-0.1, -0.05) is 19.9 Å². The van der Waals surface area contributed by atoms with E-state index in [1.807, 2.05) is 34.3 Å². The van der Waals surface area contributed by atoms with Gasteiger partial charge in [-0.15, -0.1) is 11.3 Å². The van der Waals surface area contributed by atoms with Crippen LogP contribution >= 0.6 is 11.3 Å². The smallest absolute Gasteiger partial charge is 0.253 e. The standard InChI is InChI=1S/C25H34N6O2S/c1-6-12-30(13-7-2)21-10-8-9-19(27-21)20-17-34-24(28-20)29-22(32)15-26-23(33)18-11-14-31(16-18)25(3,4)5/h8-11,14,16-17H,6-7,12-13,15H2,1-5H3,(H,26,33)(H,28,29,32). The molecule has 0 atom stereocenters. The van der Waals surface area contributed by atoms with Crippen molar-refractivity contribution >= 4 is 34.1 Å². The summed E-state index contributed by atoms with van der Waals surface area (Å²) in [6.07, 6.45) is 5.75. The van der Waals surface area contributed by atoms with E-state index in [1.54, 1.807) is 12.3 Å². The van der Waals surface area contributed by atoms with Crippen LogP contribution in [-0.4, -0.2) is 46.0 Å². The normalized spacial score (nSPS) is 11.3. The molecule has 0 unspecified atom stereocenters. The Labute approximate surface area is 205 Å². The van der Waals surface area contributed by atoms with E-state index in [0.29, 0.717) is 16.4 Å². The van der Waals surface area contributed by atoms with Crippen LogP contribution in [0.2, 0.25) is 0 Å². The van der Waals surface area contributed by atoms with Crippen molar-refractivity contribution in [3.63, 3.8) is 0 Å². The molecule has 0 saturated carbocycles. The van der Waals surface area contributed by atoms with Crippen molar-refractivity contribution in [1.82, 2.24) is 19.9 Å². The first kappa shape index (κ1) is 25.4. The fraction of sp³-hybridized carbons (Fsp3) is 0.440. The highest BCUT2D eigenvalue weighted by Crippen LogP contribution is 2.25. The van der Waals surface area contributed by atoms with Crippen LogP contribution in [0.15, 0.2) is 42.0 Å². The number of carbonyl (C=O) groups is 2. The highest BCUT2D eigenvalue weighted by atomic mass is 32.1. The van der Waals surface area contributed by atoms with Crippen molar-refractivity contribution in [2.75, 3.05) is 29.9 Å². The first-order valence-corrected chi connectivity index (χ1v) is 12.5. The second kappa shape index (κ2) is 11.3. The molecule has 0 aromatic carbocycles. The number of thiazole rings is 1. The first-order chi connectivity index (χ1) is 16.2. The number of aromatic nitrogens is 3. The number of hydrogen-bond donors (Lipinski definition) is 2. The second-order valence-electron chi connectivity index (χ2n) is 9.12. The summed E-state index contributed by atoms with van der Waals surface area (Å²) >= 11 is 1.33. The number of anilines is 2. The predicted molar refractivity (Wildman–Crippen MR) is 139 cm³/mol. The molecule has 0 bridgehead atoms. The molecule has 8 nitrogen and oxygen atoms in total. The quantitative estimate of drug-likeness (QED) is 0.435. The van der Waals surface area contributed by atoms with Crippen LogP contribution in [0.5, 0.6) is 0 Å². The van der Waals surface area contributed by atoms with Gasteiger partial charge in [0.05, 0.1) is 17.8 Å².